The summed E-state index contributed by atoms with van der Waals surface area (Å²) in [5, 5.41) is 0. The van der Waals surface area contributed by atoms with E-state index >= 15 is 0 Å². The predicted molar refractivity (Wildman–Crippen MR) is 98.8 cm³/mol. The van der Waals surface area contributed by atoms with Crippen molar-refractivity contribution in [3.05, 3.63) is 71.3 Å². The lowest BCUT2D eigenvalue weighted by atomic mass is 9.84. The van der Waals surface area contributed by atoms with Crippen LogP contribution in [0.25, 0.3) is 6.08 Å². The second-order valence-electron chi connectivity index (χ2n) is 6.77. The third-order valence-electron chi connectivity index (χ3n) is 4.79. The molecule has 1 fully saturated rings. The topological polar surface area (TPSA) is 26.3 Å². The van der Waals surface area contributed by atoms with Gasteiger partial charge in [0.05, 0.1) is 0 Å². The average Bonchev–Trinajstić information content (AvgIpc) is 2.66. The van der Waals surface area contributed by atoms with Crippen LogP contribution < -0.4 is 4.74 Å². The molecule has 0 bridgehead atoms. The number of ether oxygens (including phenoxy) is 1. The van der Waals surface area contributed by atoms with Gasteiger partial charge in [-0.2, -0.15) is 0 Å². The summed E-state index contributed by atoms with van der Waals surface area (Å²) in [5.74, 6) is -0.160. The average molecular weight is 374 g/mol. The van der Waals surface area contributed by atoms with Gasteiger partial charge in [-0.1, -0.05) is 61.7 Å². The van der Waals surface area contributed by atoms with Crippen molar-refractivity contribution in [1.29, 1.82) is 0 Å². The Morgan fingerprint density at radius 2 is 1.70 bits per heavy atom. The number of alkyl halides is 3. The van der Waals surface area contributed by atoms with Gasteiger partial charge in [0.2, 0.25) is 0 Å². The normalized spacial score (nSPS) is 15.8. The molecule has 1 aliphatic rings. The molecule has 0 aromatic heterocycles. The Hall–Kier alpha value is -2.56. The van der Waals surface area contributed by atoms with Gasteiger partial charge < -0.3 is 4.74 Å². The zero-order valence-electron chi connectivity index (χ0n) is 14.8. The summed E-state index contributed by atoms with van der Waals surface area (Å²) in [6.07, 6.45) is 4.57. The van der Waals surface area contributed by atoms with E-state index in [0.29, 0.717) is 5.92 Å². The molecule has 0 amide bonds. The molecule has 0 heterocycles. The first kappa shape index (κ1) is 19.2. The van der Waals surface area contributed by atoms with Gasteiger partial charge in [0.1, 0.15) is 5.75 Å². The Kier molecular flexibility index (Phi) is 5.99. The van der Waals surface area contributed by atoms with Crippen molar-refractivity contribution in [3.8, 4) is 5.75 Å². The van der Waals surface area contributed by atoms with Crippen molar-refractivity contribution in [2.75, 3.05) is 0 Å². The zero-order chi connectivity index (χ0) is 19.3. The van der Waals surface area contributed by atoms with E-state index in [0.717, 1.165) is 17.7 Å². The fourth-order valence-electron chi connectivity index (χ4n) is 3.43. The smallest absolute Gasteiger partial charge is 0.406 e. The Morgan fingerprint density at radius 1 is 1.00 bits per heavy atom. The summed E-state index contributed by atoms with van der Waals surface area (Å²) >= 11 is 0. The van der Waals surface area contributed by atoms with Crippen molar-refractivity contribution < 1.29 is 22.7 Å². The van der Waals surface area contributed by atoms with Crippen LogP contribution in [-0.2, 0) is 0 Å². The molecule has 2 aromatic carbocycles. The number of ketones is 1. The number of hydrogen-bond donors (Lipinski definition) is 0. The predicted octanol–water partition coefficient (Wildman–Crippen LogP) is 6.53. The summed E-state index contributed by atoms with van der Waals surface area (Å²) in [4.78, 5) is 12.2. The highest BCUT2D eigenvalue weighted by molar-refractivity contribution is 6.07. The standard InChI is InChI=1S/C22H21F3O2/c23-22(24,25)27-20-8-4-7-19(15-20)21(26)14-11-16-9-12-18(13-10-16)17-5-2-1-3-6-17/h4,7-15,17H,1-3,5-6H2. The minimum atomic E-state index is -4.78. The lowest BCUT2D eigenvalue weighted by molar-refractivity contribution is -0.274. The first-order chi connectivity index (χ1) is 12.9. The lowest BCUT2D eigenvalue weighted by Crippen LogP contribution is -2.17. The molecule has 0 radical (unpaired) electrons. The molecule has 1 aliphatic carbocycles. The maximum absolute atomic E-state index is 12.3. The minimum absolute atomic E-state index is 0.145. The van der Waals surface area contributed by atoms with Crippen LogP contribution in [0, 0.1) is 0 Å². The maximum atomic E-state index is 12.3. The van der Waals surface area contributed by atoms with E-state index in [2.05, 4.69) is 16.9 Å². The van der Waals surface area contributed by atoms with Crippen molar-refractivity contribution in [2.24, 2.45) is 0 Å². The number of benzene rings is 2. The monoisotopic (exact) mass is 374 g/mol. The van der Waals surface area contributed by atoms with Gasteiger partial charge in [-0.05, 0) is 48.1 Å². The van der Waals surface area contributed by atoms with E-state index in [4.69, 9.17) is 0 Å². The summed E-state index contributed by atoms with van der Waals surface area (Å²) in [6, 6.07) is 13.2. The van der Waals surface area contributed by atoms with Gasteiger partial charge in [-0.3, -0.25) is 4.79 Å². The Morgan fingerprint density at radius 3 is 2.37 bits per heavy atom. The van der Waals surface area contributed by atoms with Crippen LogP contribution in [0.3, 0.4) is 0 Å². The number of halogens is 3. The molecular formula is C22H21F3O2. The molecule has 0 unspecified atom stereocenters. The molecule has 1 saturated carbocycles. The molecule has 0 atom stereocenters. The Labute approximate surface area is 156 Å². The van der Waals surface area contributed by atoms with E-state index in [1.807, 2.05) is 12.1 Å². The third kappa shape index (κ3) is 5.71. The molecule has 0 N–H and O–H groups in total. The number of allylic oxidation sites excluding steroid dienone is 1. The molecule has 3 rings (SSSR count). The first-order valence-electron chi connectivity index (χ1n) is 9.09. The SMILES string of the molecule is O=C(C=Cc1ccc(C2CCCCC2)cc1)c1cccc(OC(F)(F)F)c1. The zero-order valence-corrected chi connectivity index (χ0v) is 14.8. The summed E-state index contributed by atoms with van der Waals surface area (Å²) in [7, 11) is 0. The van der Waals surface area contributed by atoms with E-state index in [1.54, 1.807) is 6.08 Å². The summed E-state index contributed by atoms with van der Waals surface area (Å²) in [6.45, 7) is 0. The van der Waals surface area contributed by atoms with Crippen LogP contribution in [0.5, 0.6) is 5.75 Å². The first-order valence-corrected chi connectivity index (χ1v) is 9.09. The van der Waals surface area contributed by atoms with Crippen molar-refractivity contribution in [3.63, 3.8) is 0 Å². The van der Waals surface area contributed by atoms with E-state index in [9.17, 15) is 18.0 Å². The molecule has 0 saturated heterocycles. The van der Waals surface area contributed by atoms with E-state index < -0.39 is 12.1 Å². The minimum Gasteiger partial charge on any atom is -0.406 e. The van der Waals surface area contributed by atoms with E-state index in [1.165, 1.54) is 55.9 Å². The Bertz CT molecular complexity index is 801. The second kappa shape index (κ2) is 8.42. The van der Waals surface area contributed by atoms with Crippen LogP contribution >= 0.6 is 0 Å². The lowest BCUT2D eigenvalue weighted by Gasteiger charge is -2.21. The van der Waals surface area contributed by atoms with Gasteiger partial charge in [0.15, 0.2) is 5.78 Å². The summed E-state index contributed by atoms with van der Waals surface area (Å²) < 4.78 is 40.7. The molecule has 2 aromatic rings. The molecule has 2 nitrogen and oxygen atoms in total. The van der Waals surface area contributed by atoms with Crippen LogP contribution in [-0.4, -0.2) is 12.1 Å². The molecule has 5 heteroatoms. The maximum Gasteiger partial charge on any atom is 0.573 e. The quantitative estimate of drug-likeness (QED) is 0.439. The van der Waals surface area contributed by atoms with Crippen LogP contribution in [0.2, 0.25) is 0 Å². The second-order valence-corrected chi connectivity index (χ2v) is 6.77. The highest BCUT2D eigenvalue weighted by Gasteiger charge is 2.31. The van der Waals surface area contributed by atoms with Crippen LogP contribution in [0.15, 0.2) is 54.6 Å². The number of rotatable bonds is 5. The molecular weight excluding hydrogens is 353 g/mol. The van der Waals surface area contributed by atoms with Gasteiger partial charge in [-0.15, -0.1) is 13.2 Å². The molecule has 142 valence electrons. The molecule has 0 aliphatic heterocycles. The van der Waals surface area contributed by atoms with Gasteiger partial charge >= 0.3 is 6.36 Å². The fourth-order valence-corrected chi connectivity index (χ4v) is 3.43. The summed E-state index contributed by atoms with van der Waals surface area (Å²) in [5.41, 5.74) is 2.35. The Balaban J connectivity index is 1.65. The van der Waals surface area contributed by atoms with Gasteiger partial charge in [0.25, 0.3) is 0 Å². The van der Waals surface area contributed by atoms with Crippen molar-refractivity contribution in [2.45, 2.75) is 44.4 Å². The molecule has 27 heavy (non-hydrogen) atoms. The number of carbonyl (C=O) groups excluding carboxylic acids is 1. The van der Waals surface area contributed by atoms with E-state index in [-0.39, 0.29) is 11.3 Å². The van der Waals surface area contributed by atoms with Gasteiger partial charge in [-0.25, -0.2) is 0 Å². The van der Waals surface area contributed by atoms with Gasteiger partial charge in [0, 0.05) is 5.56 Å². The van der Waals surface area contributed by atoms with Crippen molar-refractivity contribution in [1.82, 2.24) is 0 Å². The number of hydrogen-bond acceptors (Lipinski definition) is 2. The molecule has 0 spiro atoms. The van der Waals surface area contributed by atoms with Crippen LogP contribution in [0.4, 0.5) is 13.2 Å². The highest BCUT2D eigenvalue weighted by Crippen LogP contribution is 2.32. The number of carbonyl (C=O) groups is 1. The highest BCUT2D eigenvalue weighted by atomic mass is 19.4. The fraction of sp³-hybridized carbons (Fsp3) is 0.318. The van der Waals surface area contributed by atoms with Crippen molar-refractivity contribution >= 4 is 11.9 Å². The third-order valence-corrected chi connectivity index (χ3v) is 4.79. The largest absolute Gasteiger partial charge is 0.573 e. The van der Waals surface area contributed by atoms with Crippen LogP contribution in [0.1, 0.15) is 59.5 Å².